The van der Waals surface area contributed by atoms with Gasteiger partial charge in [0.2, 0.25) is 0 Å². The van der Waals surface area contributed by atoms with E-state index in [4.69, 9.17) is 28.4 Å². The van der Waals surface area contributed by atoms with Crippen LogP contribution < -0.4 is 0 Å². The maximum Gasteiger partial charge on any atom is 0.281 e. The summed E-state index contributed by atoms with van der Waals surface area (Å²) in [6, 6.07) is 0. The Labute approximate surface area is 103 Å². The van der Waals surface area contributed by atoms with Gasteiger partial charge in [0.05, 0.1) is 0 Å². The first-order valence-corrected chi connectivity index (χ1v) is 5.61. The van der Waals surface area contributed by atoms with Crippen molar-refractivity contribution in [1.82, 2.24) is 0 Å². The Kier molecular flexibility index (Phi) is 7.85. The number of methoxy groups -OCH3 is 2. The third-order valence-corrected chi connectivity index (χ3v) is 2.20. The summed E-state index contributed by atoms with van der Waals surface area (Å²) in [5.74, 6) is -2.26. The SMILES string of the molecule is CCOC(C)(OC)OCOC(C)(OC)OCC. The van der Waals surface area contributed by atoms with Crippen LogP contribution in [0.3, 0.4) is 0 Å². The van der Waals surface area contributed by atoms with Gasteiger partial charge in [-0.25, -0.2) is 0 Å². The third-order valence-electron chi connectivity index (χ3n) is 2.20. The lowest BCUT2D eigenvalue weighted by atomic mass is 10.6. The summed E-state index contributed by atoms with van der Waals surface area (Å²) in [7, 11) is 2.99. The highest BCUT2D eigenvalue weighted by Crippen LogP contribution is 2.17. The zero-order valence-electron chi connectivity index (χ0n) is 11.6. The van der Waals surface area contributed by atoms with E-state index in [1.165, 1.54) is 14.2 Å². The summed E-state index contributed by atoms with van der Waals surface area (Å²) in [4.78, 5) is 0. The lowest BCUT2D eigenvalue weighted by Gasteiger charge is -2.31. The van der Waals surface area contributed by atoms with E-state index in [-0.39, 0.29) is 6.79 Å². The molecule has 0 N–H and O–H groups in total. The zero-order valence-corrected chi connectivity index (χ0v) is 11.6. The molecular weight excluding hydrogens is 228 g/mol. The van der Waals surface area contributed by atoms with E-state index in [1.807, 2.05) is 13.8 Å². The smallest absolute Gasteiger partial charge is 0.281 e. The highest BCUT2D eigenvalue weighted by Gasteiger charge is 2.29. The summed E-state index contributed by atoms with van der Waals surface area (Å²) < 4.78 is 31.4. The van der Waals surface area contributed by atoms with Gasteiger partial charge in [-0.05, 0) is 13.8 Å². The molecule has 6 nitrogen and oxygen atoms in total. The third kappa shape index (κ3) is 6.30. The zero-order chi connectivity index (χ0) is 13.4. The molecule has 17 heavy (non-hydrogen) atoms. The van der Waals surface area contributed by atoms with Gasteiger partial charge in [-0.15, -0.1) is 0 Å². The van der Waals surface area contributed by atoms with E-state index in [1.54, 1.807) is 13.8 Å². The molecule has 0 aromatic rings. The summed E-state index contributed by atoms with van der Waals surface area (Å²) in [6.07, 6.45) is 0. The van der Waals surface area contributed by atoms with Gasteiger partial charge < -0.3 is 28.4 Å². The van der Waals surface area contributed by atoms with Gasteiger partial charge in [0, 0.05) is 41.3 Å². The van der Waals surface area contributed by atoms with Crippen molar-refractivity contribution in [2.75, 3.05) is 34.2 Å². The monoisotopic (exact) mass is 252 g/mol. The van der Waals surface area contributed by atoms with Crippen molar-refractivity contribution >= 4 is 0 Å². The highest BCUT2D eigenvalue weighted by molar-refractivity contribution is 4.46. The molecule has 0 bridgehead atoms. The molecule has 0 rings (SSSR count). The fourth-order valence-electron chi connectivity index (χ4n) is 1.09. The van der Waals surface area contributed by atoms with Crippen LogP contribution >= 0.6 is 0 Å². The lowest BCUT2D eigenvalue weighted by Crippen LogP contribution is -2.40. The van der Waals surface area contributed by atoms with Gasteiger partial charge in [0.15, 0.2) is 6.79 Å². The summed E-state index contributed by atoms with van der Waals surface area (Å²) in [5, 5.41) is 0. The summed E-state index contributed by atoms with van der Waals surface area (Å²) in [6.45, 7) is 7.88. The van der Waals surface area contributed by atoms with Crippen molar-refractivity contribution in [1.29, 1.82) is 0 Å². The van der Waals surface area contributed by atoms with Crippen LogP contribution in [0, 0.1) is 0 Å². The molecular formula is C11H24O6. The molecule has 2 unspecified atom stereocenters. The molecule has 0 aliphatic heterocycles. The number of hydrogen-bond donors (Lipinski definition) is 0. The van der Waals surface area contributed by atoms with Gasteiger partial charge in [0.1, 0.15) is 0 Å². The molecule has 0 amide bonds. The summed E-state index contributed by atoms with van der Waals surface area (Å²) in [5.41, 5.74) is 0. The van der Waals surface area contributed by atoms with Crippen molar-refractivity contribution in [3.63, 3.8) is 0 Å². The lowest BCUT2D eigenvalue weighted by molar-refractivity contribution is -0.428. The Bertz CT molecular complexity index is 180. The van der Waals surface area contributed by atoms with Crippen LogP contribution in [0.1, 0.15) is 27.7 Å². The standard InChI is InChI=1S/C11H24O6/c1-7-14-10(3,12-5)16-9-17-11(4,13-6)15-8-2/h7-9H2,1-6H3. The molecule has 104 valence electrons. The van der Waals surface area contributed by atoms with Crippen LogP contribution in [-0.2, 0) is 28.4 Å². The van der Waals surface area contributed by atoms with Gasteiger partial charge in [-0.3, -0.25) is 0 Å². The maximum absolute atomic E-state index is 5.34. The maximum atomic E-state index is 5.34. The molecule has 0 fully saturated rings. The van der Waals surface area contributed by atoms with Gasteiger partial charge in [-0.2, -0.15) is 0 Å². The average molecular weight is 252 g/mol. The summed E-state index contributed by atoms with van der Waals surface area (Å²) >= 11 is 0. The van der Waals surface area contributed by atoms with Gasteiger partial charge in [-0.1, -0.05) is 0 Å². The first kappa shape index (κ1) is 16.8. The minimum Gasteiger partial charge on any atom is -0.331 e. The largest absolute Gasteiger partial charge is 0.331 e. The molecule has 0 saturated carbocycles. The molecule has 0 saturated heterocycles. The molecule has 0 radical (unpaired) electrons. The number of rotatable bonds is 10. The Morgan fingerprint density at radius 2 is 1.06 bits per heavy atom. The van der Waals surface area contributed by atoms with Gasteiger partial charge in [0.25, 0.3) is 11.9 Å². The van der Waals surface area contributed by atoms with Crippen LogP contribution in [0.25, 0.3) is 0 Å². The minimum atomic E-state index is -1.13. The molecule has 0 aromatic heterocycles. The molecule has 0 aromatic carbocycles. The van der Waals surface area contributed by atoms with Crippen molar-refractivity contribution in [2.45, 2.75) is 39.6 Å². The minimum absolute atomic E-state index is 0.0747. The molecule has 0 heterocycles. The van der Waals surface area contributed by atoms with Crippen molar-refractivity contribution in [3.05, 3.63) is 0 Å². The van der Waals surface area contributed by atoms with E-state index in [0.29, 0.717) is 13.2 Å². The Balaban J connectivity index is 4.10. The van der Waals surface area contributed by atoms with Crippen molar-refractivity contribution < 1.29 is 28.4 Å². The van der Waals surface area contributed by atoms with Crippen molar-refractivity contribution in [3.8, 4) is 0 Å². The predicted octanol–water partition coefficient (Wildman–Crippen LogP) is 1.69. The van der Waals surface area contributed by atoms with Gasteiger partial charge >= 0.3 is 0 Å². The molecule has 0 aliphatic carbocycles. The van der Waals surface area contributed by atoms with Crippen LogP contribution in [-0.4, -0.2) is 46.2 Å². The predicted molar refractivity (Wildman–Crippen MR) is 61.1 cm³/mol. The van der Waals surface area contributed by atoms with Crippen LogP contribution in [0.2, 0.25) is 0 Å². The second-order valence-electron chi connectivity index (χ2n) is 3.41. The second-order valence-corrected chi connectivity index (χ2v) is 3.41. The van der Waals surface area contributed by atoms with E-state index in [2.05, 4.69) is 0 Å². The number of hydrogen-bond acceptors (Lipinski definition) is 6. The normalized spacial score (nSPS) is 18.7. The molecule has 0 aliphatic rings. The Hall–Kier alpha value is -0.240. The Morgan fingerprint density at radius 1 is 0.706 bits per heavy atom. The van der Waals surface area contributed by atoms with E-state index >= 15 is 0 Å². The molecule has 2 atom stereocenters. The van der Waals surface area contributed by atoms with E-state index in [9.17, 15) is 0 Å². The van der Waals surface area contributed by atoms with Crippen LogP contribution in [0.5, 0.6) is 0 Å². The fraction of sp³-hybridized carbons (Fsp3) is 1.00. The fourth-order valence-corrected chi connectivity index (χ4v) is 1.09. The van der Waals surface area contributed by atoms with E-state index in [0.717, 1.165) is 0 Å². The van der Waals surface area contributed by atoms with Crippen LogP contribution in [0.15, 0.2) is 0 Å². The quantitative estimate of drug-likeness (QED) is 0.551. The van der Waals surface area contributed by atoms with Crippen molar-refractivity contribution in [2.24, 2.45) is 0 Å². The molecule has 6 heteroatoms. The second kappa shape index (κ2) is 7.97. The highest BCUT2D eigenvalue weighted by atomic mass is 16.9. The topological polar surface area (TPSA) is 55.4 Å². The average Bonchev–Trinajstić information content (AvgIpc) is 2.30. The first-order valence-electron chi connectivity index (χ1n) is 5.61. The Morgan fingerprint density at radius 3 is 1.29 bits per heavy atom. The van der Waals surface area contributed by atoms with E-state index < -0.39 is 11.9 Å². The molecule has 0 spiro atoms. The van der Waals surface area contributed by atoms with Crippen LogP contribution in [0.4, 0.5) is 0 Å². The first-order chi connectivity index (χ1) is 7.95. The number of ether oxygens (including phenoxy) is 6.